The van der Waals surface area contributed by atoms with Crippen molar-refractivity contribution in [2.24, 2.45) is 0 Å². The number of hydrogen-bond acceptors (Lipinski definition) is 7. The number of oxazole rings is 1. The smallest absolute Gasteiger partial charge is 0.465 e. The molecule has 1 aromatic carbocycles. The fourth-order valence-electron chi connectivity index (χ4n) is 2.66. The molecule has 3 N–H and O–H groups in total. The summed E-state index contributed by atoms with van der Waals surface area (Å²) in [4.78, 5) is 27.8. The lowest BCUT2D eigenvalue weighted by Gasteiger charge is -2.32. The molecule has 0 spiro atoms. The van der Waals surface area contributed by atoms with Crippen molar-refractivity contribution in [1.82, 2.24) is 4.98 Å². The van der Waals surface area contributed by atoms with E-state index < -0.39 is 30.3 Å². The number of nitrogens with one attached hydrogen (secondary N) is 2. The number of carbonyl (C=O) groups excluding carboxylic acids is 1. The number of nitrogens with zero attached hydrogens (tertiary/aromatic N) is 1. The Labute approximate surface area is 172 Å². The minimum atomic E-state index is -1.33. The zero-order valence-electron chi connectivity index (χ0n) is 16.7. The minimum Gasteiger partial charge on any atom is -0.465 e. The van der Waals surface area contributed by atoms with Crippen molar-refractivity contribution in [3.8, 4) is 0 Å². The van der Waals surface area contributed by atoms with Crippen LogP contribution in [0.1, 0.15) is 38.2 Å². The first-order chi connectivity index (χ1) is 13.5. The van der Waals surface area contributed by atoms with Crippen LogP contribution >= 0.6 is 11.8 Å². The lowest BCUT2D eigenvalue weighted by atomic mass is 9.79. The second kappa shape index (κ2) is 7.73. The van der Waals surface area contributed by atoms with Gasteiger partial charge in [0.1, 0.15) is 6.26 Å². The Balaban J connectivity index is 1.82. The largest absolute Gasteiger partial charge is 0.494 e. The Bertz CT molecular complexity index is 929. The van der Waals surface area contributed by atoms with Gasteiger partial charge in [0.2, 0.25) is 0 Å². The molecule has 154 valence electrons. The average molecular weight is 419 g/mol. The minimum absolute atomic E-state index is 0.0539. The quantitative estimate of drug-likeness (QED) is 0.499. The molecule has 2 aromatic rings. The molecule has 0 bridgehead atoms. The molecule has 0 saturated carbocycles. The first-order valence-electron chi connectivity index (χ1n) is 8.83. The number of benzene rings is 1. The Hall–Kier alpha value is -2.50. The summed E-state index contributed by atoms with van der Waals surface area (Å²) in [6, 6.07) is 5.29. The van der Waals surface area contributed by atoms with Crippen LogP contribution in [-0.4, -0.2) is 46.7 Å². The van der Waals surface area contributed by atoms with E-state index in [1.165, 1.54) is 11.8 Å². The summed E-state index contributed by atoms with van der Waals surface area (Å²) in [5.41, 5.74) is 0.318. The van der Waals surface area contributed by atoms with Gasteiger partial charge in [0.05, 0.1) is 16.9 Å². The van der Waals surface area contributed by atoms with E-state index in [1.54, 1.807) is 6.07 Å². The Kier molecular flexibility index (Phi) is 5.66. The van der Waals surface area contributed by atoms with E-state index in [1.807, 2.05) is 51.4 Å². The first kappa shape index (κ1) is 21.2. The van der Waals surface area contributed by atoms with Crippen LogP contribution in [0.15, 0.2) is 33.8 Å². The predicted octanol–water partition coefficient (Wildman–Crippen LogP) is 3.04. The molecular weight excluding hydrogens is 397 g/mol. The van der Waals surface area contributed by atoms with E-state index in [0.717, 1.165) is 16.6 Å². The molecule has 0 radical (unpaired) electrons. The van der Waals surface area contributed by atoms with Crippen LogP contribution in [0.3, 0.4) is 0 Å². The van der Waals surface area contributed by atoms with Crippen LogP contribution in [-0.2, 0) is 9.31 Å². The number of anilines is 2. The summed E-state index contributed by atoms with van der Waals surface area (Å²) < 4.78 is 17.1. The van der Waals surface area contributed by atoms with Gasteiger partial charge in [-0.3, -0.25) is 4.79 Å². The number of carbonyl (C=O) groups is 2. The molecule has 9 nitrogen and oxygen atoms in total. The molecule has 0 aliphatic carbocycles. The maximum atomic E-state index is 12.5. The highest BCUT2D eigenvalue weighted by molar-refractivity contribution is 7.98. The number of rotatable bonds is 5. The van der Waals surface area contributed by atoms with Crippen molar-refractivity contribution in [3.63, 3.8) is 0 Å². The van der Waals surface area contributed by atoms with Crippen LogP contribution in [0.25, 0.3) is 0 Å². The molecule has 1 aliphatic rings. The lowest BCUT2D eigenvalue weighted by molar-refractivity contribution is 0.00578. The van der Waals surface area contributed by atoms with Crippen LogP contribution in [0.5, 0.6) is 0 Å². The van der Waals surface area contributed by atoms with Gasteiger partial charge < -0.3 is 24.1 Å². The SMILES string of the molecule is CSc1ccc(B2OC(C)(C)C(C)(C)O2)cc1NC(=O)c1coc(NC(=O)O)n1. The molecule has 1 aliphatic heterocycles. The van der Waals surface area contributed by atoms with E-state index in [-0.39, 0.29) is 11.7 Å². The van der Waals surface area contributed by atoms with Crippen molar-refractivity contribution < 1.29 is 28.4 Å². The summed E-state index contributed by atoms with van der Waals surface area (Å²) in [5, 5.41) is 13.4. The number of carboxylic acid groups (broad SMARTS) is 1. The van der Waals surface area contributed by atoms with E-state index in [9.17, 15) is 9.59 Å². The number of hydrogen-bond donors (Lipinski definition) is 3. The third kappa shape index (κ3) is 4.41. The van der Waals surface area contributed by atoms with E-state index >= 15 is 0 Å². The summed E-state index contributed by atoms with van der Waals surface area (Å²) in [7, 11) is -0.565. The van der Waals surface area contributed by atoms with Crippen molar-refractivity contribution in [1.29, 1.82) is 0 Å². The first-order valence-corrected chi connectivity index (χ1v) is 10.1. The van der Waals surface area contributed by atoms with Gasteiger partial charge in [-0.15, -0.1) is 11.8 Å². The maximum absolute atomic E-state index is 12.5. The van der Waals surface area contributed by atoms with Gasteiger partial charge in [-0.2, -0.15) is 4.98 Å². The summed E-state index contributed by atoms with van der Waals surface area (Å²) >= 11 is 1.47. The van der Waals surface area contributed by atoms with Crippen molar-refractivity contribution in [2.75, 3.05) is 16.9 Å². The topological polar surface area (TPSA) is 123 Å². The van der Waals surface area contributed by atoms with Gasteiger partial charge in [-0.05, 0) is 51.5 Å². The normalized spacial score (nSPS) is 17.2. The van der Waals surface area contributed by atoms with Crippen LogP contribution in [0.2, 0.25) is 0 Å². The fourth-order valence-corrected chi connectivity index (χ4v) is 3.20. The Morgan fingerprint density at radius 2 is 1.79 bits per heavy atom. The summed E-state index contributed by atoms with van der Waals surface area (Å²) in [5.74, 6) is -0.534. The van der Waals surface area contributed by atoms with Crippen LogP contribution in [0.4, 0.5) is 16.5 Å². The number of aromatic nitrogens is 1. The third-order valence-corrected chi connectivity index (χ3v) is 5.74. The van der Waals surface area contributed by atoms with Crippen LogP contribution < -0.4 is 16.1 Å². The molecule has 1 saturated heterocycles. The van der Waals surface area contributed by atoms with Crippen molar-refractivity contribution >= 4 is 48.0 Å². The highest BCUT2D eigenvalue weighted by Gasteiger charge is 2.51. The van der Waals surface area contributed by atoms with Crippen molar-refractivity contribution in [3.05, 3.63) is 30.2 Å². The molecular formula is C18H22BN3O6S. The molecule has 29 heavy (non-hydrogen) atoms. The van der Waals surface area contributed by atoms with E-state index in [4.69, 9.17) is 18.8 Å². The molecule has 0 unspecified atom stereocenters. The molecule has 2 amide bonds. The van der Waals surface area contributed by atoms with E-state index in [0.29, 0.717) is 5.69 Å². The Morgan fingerprint density at radius 1 is 1.14 bits per heavy atom. The zero-order valence-corrected chi connectivity index (χ0v) is 17.5. The third-order valence-electron chi connectivity index (χ3n) is 4.95. The summed E-state index contributed by atoms with van der Waals surface area (Å²) in [6.45, 7) is 7.89. The molecule has 0 atom stereocenters. The van der Waals surface area contributed by atoms with Crippen LogP contribution in [0, 0.1) is 0 Å². The monoisotopic (exact) mass is 419 g/mol. The fraction of sp³-hybridized carbons (Fsp3) is 0.389. The number of amides is 2. The Morgan fingerprint density at radius 3 is 2.38 bits per heavy atom. The van der Waals surface area contributed by atoms with E-state index in [2.05, 4.69) is 10.3 Å². The molecule has 1 fully saturated rings. The van der Waals surface area contributed by atoms with Gasteiger partial charge in [0, 0.05) is 4.90 Å². The zero-order chi connectivity index (χ0) is 21.4. The van der Waals surface area contributed by atoms with Gasteiger partial charge in [0.25, 0.3) is 5.91 Å². The molecule has 2 heterocycles. The number of thioether (sulfide) groups is 1. The van der Waals surface area contributed by atoms with Gasteiger partial charge in [-0.25, -0.2) is 10.1 Å². The lowest BCUT2D eigenvalue weighted by Crippen LogP contribution is -2.41. The second-order valence-corrected chi connectivity index (χ2v) is 8.32. The molecule has 11 heteroatoms. The average Bonchev–Trinajstić information content (AvgIpc) is 3.16. The predicted molar refractivity (Wildman–Crippen MR) is 110 cm³/mol. The second-order valence-electron chi connectivity index (χ2n) is 7.47. The highest BCUT2D eigenvalue weighted by Crippen LogP contribution is 2.37. The standard InChI is InChI=1S/C18H22BN3O6S/c1-17(2)18(3,4)28-19(27-17)10-6-7-13(29-5)11(8-10)20-14(23)12-9-26-15(21-12)22-16(24)25/h6-9H,1-5H3,(H,20,23)(H,21,22)(H,24,25). The summed E-state index contributed by atoms with van der Waals surface area (Å²) in [6.07, 6.45) is 1.64. The molecule has 1 aromatic heterocycles. The highest BCUT2D eigenvalue weighted by atomic mass is 32.2. The van der Waals surface area contributed by atoms with Gasteiger partial charge >= 0.3 is 19.2 Å². The molecule has 3 rings (SSSR count). The maximum Gasteiger partial charge on any atom is 0.494 e. The van der Waals surface area contributed by atoms with Gasteiger partial charge in [0.15, 0.2) is 5.69 Å². The van der Waals surface area contributed by atoms with Crippen molar-refractivity contribution in [2.45, 2.75) is 43.8 Å². The van der Waals surface area contributed by atoms with Gasteiger partial charge in [-0.1, -0.05) is 6.07 Å².